The average molecular weight is 278 g/mol. The Kier molecular flexibility index (Phi) is 5.28. The maximum atomic E-state index is 12.0. The fourth-order valence-electron chi connectivity index (χ4n) is 2.35. The number of rotatable bonds is 4. The predicted molar refractivity (Wildman–Crippen MR) is 80.5 cm³/mol. The van der Waals surface area contributed by atoms with Gasteiger partial charge in [-0.15, -0.1) is 11.8 Å². The minimum Gasteiger partial charge on any atom is -0.351 e. The van der Waals surface area contributed by atoms with Crippen LogP contribution in [0, 0.1) is 6.92 Å². The fourth-order valence-corrected chi connectivity index (χ4v) is 3.19. The molecule has 1 fully saturated rings. The molecule has 0 saturated carbocycles. The van der Waals surface area contributed by atoms with Gasteiger partial charge in [-0.3, -0.25) is 4.79 Å². The summed E-state index contributed by atoms with van der Waals surface area (Å²) < 4.78 is 0. The lowest BCUT2D eigenvalue weighted by Gasteiger charge is -2.30. The molecule has 0 aliphatic carbocycles. The molecule has 0 radical (unpaired) electrons. The van der Waals surface area contributed by atoms with Gasteiger partial charge in [-0.25, -0.2) is 0 Å². The molecule has 1 heterocycles. The van der Waals surface area contributed by atoms with Crippen LogP contribution >= 0.6 is 11.8 Å². The zero-order valence-corrected chi connectivity index (χ0v) is 12.4. The second kappa shape index (κ2) is 6.96. The molecular weight excluding hydrogens is 256 g/mol. The molecule has 0 bridgehead atoms. The number of nitrogens with one attached hydrogen (secondary N) is 2. The first kappa shape index (κ1) is 14.4. The van der Waals surface area contributed by atoms with Crippen LogP contribution in [-0.2, 0) is 4.79 Å². The molecule has 2 rings (SSSR count). The van der Waals surface area contributed by atoms with E-state index < -0.39 is 0 Å². The maximum Gasteiger partial charge on any atom is 0.230 e. The van der Waals surface area contributed by atoms with E-state index in [1.54, 1.807) is 11.8 Å². The number of hydrogen-bond acceptors (Lipinski definition) is 3. The van der Waals surface area contributed by atoms with E-state index in [0.717, 1.165) is 19.4 Å². The third-order valence-corrected chi connectivity index (χ3v) is 4.74. The van der Waals surface area contributed by atoms with Gasteiger partial charge in [-0.2, -0.15) is 0 Å². The molecule has 1 amide bonds. The highest BCUT2D eigenvalue weighted by Crippen LogP contribution is 2.21. The highest BCUT2D eigenvalue weighted by molar-refractivity contribution is 8.00. The van der Waals surface area contributed by atoms with Gasteiger partial charge in [-0.05, 0) is 44.9 Å². The van der Waals surface area contributed by atoms with Gasteiger partial charge in [0.2, 0.25) is 5.91 Å². The molecule has 2 N–H and O–H groups in total. The zero-order valence-electron chi connectivity index (χ0n) is 11.6. The number of amides is 1. The van der Waals surface area contributed by atoms with E-state index in [9.17, 15) is 4.79 Å². The number of aryl methyl sites for hydroxylation is 1. The van der Waals surface area contributed by atoms with Gasteiger partial charge in [-0.1, -0.05) is 18.2 Å². The molecule has 1 aromatic carbocycles. The molecule has 1 aliphatic heterocycles. The lowest BCUT2D eigenvalue weighted by atomic mass is 10.00. The standard InChI is InChI=1S/C15H22N2OS/c1-11-6-3-4-8-14(11)19-10-15(18)17-13-7-5-9-16-12(13)2/h3-4,6,8,12-13,16H,5,7,9-10H2,1-2H3,(H,17,18). The van der Waals surface area contributed by atoms with E-state index in [2.05, 4.69) is 36.6 Å². The van der Waals surface area contributed by atoms with Crippen molar-refractivity contribution < 1.29 is 4.79 Å². The SMILES string of the molecule is Cc1ccccc1SCC(=O)NC1CCCNC1C. The molecule has 3 nitrogen and oxygen atoms in total. The minimum absolute atomic E-state index is 0.133. The van der Waals surface area contributed by atoms with Crippen LogP contribution < -0.4 is 10.6 Å². The molecule has 1 aromatic rings. The van der Waals surface area contributed by atoms with Crippen molar-refractivity contribution in [2.45, 2.75) is 43.7 Å². The monoisotopic (exact) mass is 278 g/mol. The van der Waals surface area contributed by atoms with Gasteiger partial charge in [0.25, 0.3) is 0 Å². The minimum atomic E-state index is 0.133. The summed E-state index contributed by atoms with van der Waals surface area (Å²) in [6, 6.07) is 8.83. The molecule has 4 heteroatoms. The first-order valence-corrected chi connectivity index (χ1v) is 7.86. The van der Waals surface area contributed by atoms with Crippen molar-refractivity contribution in [1.29, 1.82) is 0 Å². The number of benzene rings is 1. The van der Waals surface area contributed by atoms with Gasteiger partial charge in [0.15, 0.2) is 0 Å². The number of piperidine rings is 1. The fraction of sp³-hybridized carbons (Fsp3) is 0.533. The van der Waals surface area contributed by atoms with Crippen LogP contribution in [0.1, 0.15) is 25.3 Å². The summed E-state index contributed by atoms with van der Waals surface area (Å²) >= 11 is 1.61. The highest BCUT2D eigenvalue weighted by Gasteiger charge is 2.22. The normalized spacial score (nSPS) is 23.1. The van der Waals surface area contributed by atoms with Crippen LogP contribution in [0.2, 0.25) is 0 Å². The van der Waals surface area contributed by atoms with Crippen molar-refractivity contribution in [3.63, 3.8) is 0 Å². The van der Waals surface area contributed by atoms with Crippen LogP contribution in [0.5, 0.6) is 0 Å². The summed E-state index contributed by atoms with van der Waals surface area (Å²) in [5.41, 5.74) is 1.23. The van der Waals surface area contributed by atoms with E-state index in [1.807, 2.05) is 12.1 Å². The Balaban J connectivity index is 1.80. The van der Waals surface area contributed by atoms with E-state index in [0.29, 0.717) is 11.8 Å². The lowest BCUT2D eigenvalue weighted by Crippen LogP contribution is -2.52. The Morgan fingerprint density at radius 1 is 1.47 bits per heavy atom. The molecule has 2 unspecified atom stereocenters. The van der Waals surface area contributed by atoms with Crippen LogP contribution in [0.4, 0.5) is 0 Å². The van der Waals surface area contributed by atoms with Crippen molar-refractivity contribution >= 4 is 17.7 Å². The van der Waals surface area contributed by atoms with E-state index in [1.165, 1.54) is 10.5 Å². The summed E-state index contributed by atoms with van der Waals surface area (Å²) in [7, 11) is 0. The van der Waals surface area contributed by atoms with E-state index in [-0.39, 0.29) is 11.9 Å². The number of carbonyl (C=O) groups is 1. The Hall–Kier alpha value is -1.00. The quantitative estimate of drug-likeness (QED) is 0.831. The molecular formula is C15H22N2OS. The van der Waals surface area contributed by atoms with Crippen LogP contribution in [0.25, 0.3) is 0 Å². The van der Waals surface area contributed by atoms with Crippen LogP contribution in [-0.4, -0.2) is 30.3 Å². The van der Waals surface area contributed by atoms with E-state index in [4.69, 9.17) is 0 Å². The molecule has 1 aliphatic rings. The Morgan fingerprint density at radius 3 is 3.00 bits per heavy atom. The second-order valence-corrected chi connectivity index (χ2v) is 6.13. The molecule has 0 spiro atoms. The third kappa shape index (κ3) is 4.25. The summed E-state index contributed by atoms with van der Waals surface area (Å²) in [5, 5.41) is 6.53. The number of thioether (sulfide) groups is 1. The van der Waals surface area contributed by atoms with Crippen molar-refractivity contribution in [3.8, 4) is 0 Å². The summed E-state index contributed by atoms with van der Waals surface area (Å²) in [6.07, 6.45) is 2.22. The second-order valence-electron chi connectivity index (χ2n) is 5.11. The summed E-state index contributed by atoms with van der Waals surface area (Å²) in [6.45, 7) is 5.28. The lowest BCUT2D eigenvalue weighted by molar-refractivity contribution is -0.119. The number of hydrogen-bond donors (Lipinski definition) is 2. The van der Waals surface area contributed by atoms with Crippen molar-refractivity contribution in [1.82, 2.24) is 10.6 Å². The van der Waals surface area contributed by atoms with Gasteiger partial charge in [0.1, 0.15) is 0 Å². The summed E-state index contributed by atoms with van der Waals surface area (Å²) in [4.78, 5) is 13.2. The largest absolute Gasteiger partial charge is 0.351 e. The molecule has 1 saturated heterocycles. The maximum absolute atomic E-state index is 12.0. The predicted octanol–water partition coefficient (Wildman–Crippen LogP) is 2.34. The highest BCUT2D eigenvalue weighted by atomic mass is 32.2. The van der Waals surface area contributed by atoms with E-state index >= 15 is 0 Å². The van der Waals surface area contributed by atoms with Gasteiger partial charge in [0, 0.05) is 17.0 Å². The molecule has 19 heavy (non-hydrogen) atoms. The van der Waals surface area contributed by atoms with Crippen molar-refractivity contribution in [2.24, 2.45) is 0 Å². The smallest absolute Gasteiger partial charge is 0.230 e. The first-order chi connectivity index (χ1) is 9.16. The van der Waals surface area contributed by atoms with Crippen molar-refractivity contribution in [3.05, 3.63) is 29.8 Å². The van der Waals surface area contributed by atoms with Gasteiger partial charge >= 0.3 is 0 Å². The molecule has 104 valence electrons. The van der Waals surface area contributed by atoms with Gasteiger partial charge < -0.3 is 10.6 Å². The summed E-state index contributed by atoms with van der Waals surface area (Å²) in [5.74, 6) is 0.627. The Labute approximate surface area is 119 Å². The molecule has 2 atom stereocenters. The molecule has 0 aromatic heterocycles. The average Bonchev–Trinajstić information content (AvgIpc) is 2.40. The third-order valence-electron chi connectivity index (χ3n) is 3.56. The van der Waals surface area contributed by atoms with Crippen molar-refractivity contribution in [2.75, 3.05) is 12.3 Å². The first-order valence-electron chi connectivity index (χ1n) is 6.88. The van der Waals surface area contributed by atoms with Gasteiger partial charge in [0.05, 0.1) is 5.75 Å². The topological polar surface area (TPSA) is 41.1 Å². The Morgan fingerprint density at radius 2 is 2.26 bits per heavy atom. The Bertz CT molecular complexity index is 436. The number of carbonyl (C=O) groups excluding carboxylic acids is 1. The van der Waals surface area contributed by atoms with Crippen LogP contribution in [0.3, 0.4) is 0 Å². The van der Waals surface area contributed by atoms with Crippen LogP contribution in [0.15, 0.2) is 29.2 Å². The zero-order chi connectivity index (χ0) is 13.7.